The van der Waals surface area contributed by atoms with Crippen LogP contribution in [0.4, 0.5) is 0 Å². The van der Waals surface area contributed by atoms with E-state index in [0.29, 0.717) is 17.8 Å². The van der Waals surface area contributed by atoms with Crippen LogP contribution in [0.25, 0.3) is 0 Å². The van der Waals surface area contributed by atoms with Gasteiger partial charge in [-0.25, -0.2) is 4.79 Å². The van der Waals surface area contributed by atoms with Gasteiger partial charge in [0.1, 0.15) is 12.3 Å². The van der Waals surface area contributed by atoms with Crippen LogP contribution >= 0.6 is 0 Å². The molecule has 2 rings (SSSR count). The summed E-state index contributed by atoms with van der Waals surface area (Å²) in [6, 6.07) is 8.81. The van der Waals surface area contributed by atoms with Gasteiger partial charge in [0.2, 0.25) is 0 Å². The van der Waals surface area contributed by atoms with Gasteiger partial charge < -0.3 is 14.6 Å². The van der Waals surface area contributed by atoms with Crippen molar-refractivity contribution in [1.29, 1.82) is 0 Å². The van der Waals surface area contributed by atoms with Gasteiger partial charge in [-0.15, -0.1) is 0 Å². The highest BCUT2D eigenvalue weighted by molar-refractivity contribution is 5.94. The van der Waals surface area contributed by atoms with Crippen molar-refractivity contribution in [3.63, 3.8) is 0 Å². The summed E-state index contributed by atoms with van der Waals surface area (Å²) in [7, 11) is 1.81. The Morgan fingerprint density at radius 2 is 1.91 bits per heavy atom. The number of esters is 1. The quantitative estimate of drug-likeness (QED) is 0.863. The Hall–Kier alpha value is -2.56. The van der Waals surface area contributed by atoms with E-state index in [1.165, 1.54) is 0 Å². The van der Waals surface area contributed by atoms with Gasteiger partial charge in [0.15, 0.2) is 0 Å². The second kappa shape index (κ2) is 6.93. The van der Waals surface area contributed by atoms with Crippen LogP contribution in [0.2, 0.25) is 0 Å². The first kappa shape index (κ1) is 15.8. The predicted molar refractivity (Wildman–Crippen MR) is 83.7 cm³/mol. The van der Waals surface area contributed by atoms with E-state index < -0.39 is 0 Å². The van der Waals surface area contributed by atoms with Crippen molar-refractivity contribution < 1.29 is 14.3 Å². The Bertz CT molecular complexity index is 672. The van der Waals surface area contributed by atoms with Crippen LogP contribution in [0.15, 0.2) is 36.5 Å². The zero-order valence-corrected chi connectivity index (χ0v) is 13.1. The summed E-state index contributed by atoms with van der Waals surface area (Å²) in [6.45, 7) is 4.57. The molecule has 5 heteroatoms. The third-order valence-electron chi connectivity index (χ3n) is 3.27. The molecule has 0 aliphatic carbocycles. The Morgan fingerprint density at radius 3 is 2.45 bits per heavy atom. The third-order valence-corrected chi connectivity index (χ3v) is 3.27. The molecule has 2 aromatic rings. The summed E-state index contributed by atoms with van der Waals surface area (Å²) in [5, 5.41) is 2.73. The molecule has 1 aromatic heterocycles. The fourth-order valence-electron chi connectivity index (χ4n) is 2.17. The Kier molecular flexibility index (Phi) is 4.99. The highest BCUT2D eigenvalue weighted by atomic mass is 16.5. The van der Waals surface area contributed by atoms with E-state index in [-0.39, 0.29) is 18.5 Å². The molecule has 0 fully saturated rings. The minimum atomic E-state index is -0.358. The molecule has 1 aromatic carbocycles. The van der Waals surface area contributed by atoms with Gasteiger partial charge in [-0.3, -0.25) is 4.79 Å². The Morgan fingerprint density at radius 1 is 1.23 bits per heavy atom. The van der Waals surface area contributed by atoms with Crippen LogP contribution in [0, 0.1) is 6.92 Å². The number of benzene rings is 1. The van der Waals surface area contributed by atoms with Crippen LogP contribution in [0.1, 0.15) is 38.9 Å². The third kappa shape index (κ3) is 3.75. The van der Waals surface area contributed by atoms with E-state index >= 15 is 0 Å². The number of amides is 1. The van der Waals surface area contributed by atoms with Gasteiger partial charge in [0, 0.05) is 25.4 Å². The number of aromatic nitrogens is 1. The molecule has 0 unspecified atom stereocenters. The second-order valence-corrected chi connectivity index (χ2v) is 5.15. The summed E-state index contributed by atoms with van der Waals surface area (Å²) >= 11 is 0. The lowest BCUT2D eigenvalue weighted by molar-refractivity contribution is 0.0461. The van der Waals surface area contributed by atoms with Gasteiger partial charge in [-0.05, 0) is 43.2 Å². The summed E-state index contributed by atoms with van der Waals surface area (Å²) in [5.41, 5.74) is 2.97. The summed E-state index contributed by atoms with van der Waals surface area (Å²) in [5.74, 6) is -0.464. The van der Waals surface area contributed by atoms with Crippen molar-refractivity contribution in [1.82, 2.24) is 9.88 Å². The number of hydrogen-bond donors (Lipinski definition) is 1. The van der Waals surface area contributed by atoms with Gasteiger partial charge in [0.05, 0.1) is 0 Å². The fourth-order valence-corrected chi connectivity index (χ4v) is 2.17. The molecule has 1 N–H and O–H groups in total. The number of nitrogens with zero attached hydrogens (tertiary/aromatic N) is 1. The van der Waals surface area contributed by atoms with E-state index in [0.717, 1.165) is 11.1 Å². The zero-order valence-electron chi connectivity index (χ0n) is 13.1. The average molecular weight is 300 g/mol. The first-order valence-corrected chi connectivity index (χ1v) is 7.18. The highest BCUT2D eigenvalue weighted by Crippen LogP contribution is 2.10. The van der Waals surface area contributed by atoms with Crippen molar-refractivity contribution in [2.45, 2.75) is 20.5 Å². The first-order valence-electron chi connectivity index (χ1n) is 7.18. The maximum Gasteiger partial charge on any atom is 0.355 e. The molecular formula is C17H20N2O3. The SMILES string of the molecule is CCNC(=O)c1ccc(COC(=O)c2cc(C)cn2C)cc1. The normalized spacial score (nSPS) is 10.3. The second-order valence-electron chi connectivity index (χ2n) is 5.15. The van der Waals surface area contributed by atoms with Crippen molar-refractivity contribution in [3.8, 4) is 0 Å². The van der Waals surface area contributed by atoms with Crippen molar-refractivity contribution >= 4 is 11.9 Å². The lowest BCUT2D eigenvalue weighted by Crippen LogP contribution is -2.22. The highest BCUT2D eigenvalue weighted by Gasteiger charge is 2.12. The van der Waals surface area contributed by atoms with Crippen LogP contribution in [-0.2, 0) is 18.4 Å². The molecule has 5 nitrogen and oxygen atoms in total. The van der Waals surface area contributed by atoms with Crippen LogP contribution in [-0.4, -0.2) is 23.0 Å². The molecule has 0 saturated heterocycles. The summed E-state index contributed by atoms with van der Waals surface area (Å²) in [6.07, 6.45) is 1.87. The average Bonchev–Trinajstić information content (AvgIpc) is 2.84. The maximum atomic E-state index is 12.0. The van der Waals surface area contributed by atoms with Gasteiger partial charge >= 0.3 is 5.97 Å². The first-order chi connectivity index (χ1) is 10.5. The largest absolute Gasteiger partial charge is 0.456 e. The van der Waals surface area contributed by atoms with Gasteiger partial charge in [-0.2, -0.15) is 0 Å². The summed E-state index contributed by atoms with van der Waals surface area (Å²) < 4.78 is 7.04. The molecule has 1 heterocycles. The molecule has 0 bridgehead atoms. The van der Waals surface area contributed by atoms with Crippen LogP contribution in [0.3, 0.4) is 0 Å². The number of hydrogen-bond acceptors (Lipinski definition) is 3. The Balaban J connectivity index is 1.96. The van der Waals surface area contributed by atoms with Crippen LogP contribution in [0.5, 0.6) is 0 Å². The van der Waals surface area contributed by atoms with E-state index in [1.54, 1.807) is 34.9 Å². The molecule has 0 atom stereocenters. The molecule has 0 aliphatic heterocycles. The number of aryl methyl sites for hydroxylation is 2. The molecule has 0 spiro atoms. The number of carbonyl (C=O) groups excluding carboxylic acids is 2. The maximum absolute atomic E-state index is 12.0. The smallest absolute Gasteiger partial charge is 0.355 e. The fraction of sp³-hybridized carbons (Fsp3) is 0.294. The van der Waals surface area contributed by atoms with Crippen LogP contribution < -0.4 is 5.32 Å². The number of carbonyl (C=O) groups is 2. The van der Waals surface area contributed by atoms with E-state index in [9.17, 15) is 9.59 Å². The molecule has 116 valence electrons. The predicted octanol–water partition coefficient (Wildman–Crippen LogP) is 2.44. The van der Waals surface area contributed by atoms with E-state index in [2.05, 4.69) is 5.32 Å². The molecule has 0 aliphatic rings. The van der Waals surface area contributed by atoms with Crippen molar-refractivity contribution in [2.75, 3.05) is 6.54 Å². The zero-order chi connectivity index (χ0) is 16.1. The van der Waals surface area contributed by atoms with Gasteiger partial charge in [-0.1, -0.05) is 12.1 Å². The number of rotatable bonds is 5. The topological polar surface area (TPSA) is 60.3 Å². The minimum Gasteiger partial charge on any atom is -0.456 e. The molecule has 22 heavy (non-hydrogen) atoms. The lowest BCUT2D eigenvalue weighted by atomic mass is 10.1. The molecule has 0 saturated carbocycles. The van der Waals surface area contributed by atoms with E-state index in [1.807, 2.05) is 27.1 Å². The number of ether oxygens (including phenoxy) is 1. The van der Waals surface area contributed by atoms with E-state index in [4.69, 9.17) is 4.74 Å². The molecule has 0 radical (unpaired) electrons. The number of nitrogens with one attached hydrogen (secondary N) is 1. The standard InChI is InChI=1S/C17H20N2O3/c1-4-18-16(20)14-7-5-13(6-8-14)11-22-17(21)15-9-12(2)10-19(15)3/h5-10H,4,11H2,1-3H3,(H,18,20). The molecule has 1 amide bonds. The summed E-state index contributed by atoms with van der Waals surface area (Å²) in [4.78, 5) is 23.7. The minimum absolute atomic E-state index is 0.106. The van der Waals surface area contributed by atoms with Crippen molar-refractivity contribution in [2.24, 2.45) is 7.05 Å². The van der Waals surface area contributed by atoms with Crippen molar-refractivity contribution in [3.05, 3.63) is 58.9 Å². The molecular weight excluding hydrogens is 280 g/mol. The van der Waals surface area contributed by atoms with Gasteiger partial charge in [0.25, 0.3) is 5.91 Å². The lowest BCUT2D eigenvalue weighted by Gasteiger charge is -2.07. The Labute approximate surface area is 129 Å². The monoisotopic (exact) mass is 300 g/mol.